The zero-order valence-electron chi connectivity index (χ0n) is 7.52. The lowest BCUT2D eigenvalue weighted by Gasteiger charge is -2.04. The van der Waals surface area contributed by atoms with E-state index < -0.39 is 0 Å². The second-order valence-corrected chi connectivity index (χ2v) is 4.03. The Morgan fingerprint density at radius 2 is 2.17 bits per heavy atom. The molecule has 2 heteroatoms. The van der Waals surface area contributed by atoms with E-state index in [2.05, 4.69) is 60.0 Å². The van der Waals surface area contributed by atoms with Gasteiger partial charge in [-0.1, -0.05) is 19.1 Å². The molecule has 1 aromatic rings. The van der Waals surface area contributed by atoms with Crippen molar-refractivity contribution in [3.05, 3.63) is 32.9 Å². The largest absolute Gasteiger partial charge is 0.313 e. The third-order valence-electron chi connectivity index (χ3n) is 1.80. The summed E-state index contributed by atoms with van der Waals surface area (Å²) in [6.07, 6.45) is 0. The first-order valence-corrected chi connectivity index (χ1v) is 5.27. The van der Waals surface area contributed by atoms with Crippen LogP contribution in [0.4, 0.5) is 0 Å². The summed E-state index contributed by atoms with van der Waals surface area (Å²) in [5.74, 6) is 0. The van der Waals surface area contributed by atoms with Gasteiger partial charge in [-0.05, 0) is 53.3 Å². The van der Waals surface area contributed by atoms with Crippen LogP contribution < -0.4 is 5.32 Å². The first kappa shape index (κ1) is 9.99. The molecule has 1 rings (SSSR count). The fraction of sp³-hybridized carbons (Fsp3) is 0.400. The molecular weight excluding hydrogens is 261 g/mol. The lowest BCUT2D eigenvalue weighted by atomic mass is 10.1. The summed E-state index contributed by atoms with van der Waals surface area (Å²) >= 11 is 2.36. The van der Waals surface area contributed by atoms with Crippen LogP contribution >= 0.6 is 22.6 Å². The molecule has 1 N–H and O–H groups in total. The molecular formula is C10H14IN. The van der Waals surface area contributed by atoms with Gasteiger partial charge in [0.15, 0.2) is 0 Å². The van der Waals surface area contributed by atoms with E-state index in [0.717, 1.165) is 13.1 Å². The van der Waals surface area contributed by atoms with Crippen LogP contribution in [0.15, 0.2) is 18.2 Å². The molecule has 0 aliphatic heterocycles. The van der Waals surface area contributed by atoms with E-state index in [-0.39, 0.29) is 0 Å². The van der Waals surface area contributed by atoms with E-state index in [9.17, 15) is 0 Å². The maximum atomic E-state index is 3.31. The number of rotatable bonds is 3. The number of hydrogen-bond donors (Lipinski definition) is 1. The molecule has 1 nitrogen and oxygen atoms in total. The van der Waals surface area contributed by atoms with Crippen LogP contribution in [0.3, 0.4) is 0 Å². The van der Waals surface area contributed by atoms with E-state index in [1.807, 2.05) is 0 Å². The van der Waals surface area contributed by atoms with Crippen LogP contribution in [0.2, 0.25) is 0 Å². The van der Waals surface area contributed by atoms with E-state index >= 15 is 0 Å². The van der Waals surface area contributed by atoms with Crippen molar-refractivity contribution in [3.63, 3.8) is 0 Å². The molecule has 12 heavy (non-hydrogen) atoms. The first-order valence-electron chi connectivity index (χ1n) is 4.19. The molecule has 0 bridgehead atoms. The van der Waals surface area contributed by atoms with E-state index in [4.69, 9.17) is 0 Å². The maximum absolute atomic E-state index is 3.31. The number of nitrogens with one attached hydrogen (secondary N) is 1. The highest BCUT2D eigenvalue weighted by Gasteiger charge is 1.95. The third-order valence-corrected chi connectivity index (χ3v) is 3.01. The molecule has 0 radical (unpaired) electrons. The lowest BCUT2D eigenvalue weighted by Crippen LogP contribution is -2.11. The average Bonchev–Trinajstić information content (AvgIpc) is 2.07. The molecule has 0 amide bonds. The highest BCUT2D eigenvalue weighted by Crippen LogP contribution is 2.12. The van der Waals surface area contributed by atoms with Gasteiger partial charge in [-0.3, -0.25) is 0 Å². The van der Waals surface area contributed by atoms with Gasteiger partial charge in [0.1, 0.15) is 0 Å². The van der Waals surface area contributed by atoms with Crippen molar-refractivity contribution in [2.24, 2.45) is 0 Å². The molecule has 0 aliphatic rings. The molecule has 0 aromatic heterocycles. The van der Waals surface area contributed by atoms with E-state index in [0.29, 0.717) is 0 Å². The predicted octanol–water partition coefficient (Wildman–Crippen LogP) is 2.71. The summed E-state index contributed by atoms with van der Waals surface area (Å²) < 4.78 is 1.34. The molecule has 0 unspecified atom stereocenters. The summed E-state index contributed by atoms with van der Waals surface area (Å²) in [5, 5.41) is 3.31. The number of halogens is 1. The Bertz CT molecular complexity index is 258. The number of hydrogen-bond acceptors (Lipinski definition) is 1. The van der Waals surface area contributed by atoms with Gasteiger partial charge in [-0.2, -0.15) is 0 Å². The summed E-state index contributed by atoms with van der Waals surface area (Å²) in [7, 11) is 0. The zero-order valence-corrected chi connectivity index (χ0v) is 9.68. The molecule has 0 saturated heterocycles. The Morgan fingerprint density at radius 1 is 1.42 bits per heavy atom. The summed E-state index contributed by atoms with van der Waals surface area (Å²) in [4.78, 5) is 0. The Morgan fingerprint density at radius 3 is 2.75 bits per heavy atom. The van der Waals surface area contributed by atoms with Gasteiger partial charge in [-0.25, -0.2) is 0 Å². The Balaban J connectivity index is 2.69. The van der Waals surface area contributed by atoms with Crippen LogP contribution in [0.25, 0.3) is 0 Å². The molecule has 0 atom stereocenters. The zero-order chi connectivity index (χ0) is 8.97. The van der Waals surface area contributed by atoms with Gasteiger partial charge in [0.25, 0.3) is 0 Å². The molecule has 0 spiro atoms. The van der Waals surface area contributed by atoms with Gasteiger partial charge < -0.3 is 5.32 Å². The number of benzene rings is 1. The van der Waals surface area contributed by atoms with Gasteiger partial charge in [0.05, 0.1) is 0 Å². The van der Waals surface area contributed by atoms with Crippen molar-refractivity contribution < 1.29 is 0 Å². The van der Waals surface area contributed by atoms with Crippen molar-refractivity contribution in [1.29, 1.82) is 0 Å². The Labute approximate surface area is 87.7 Å². The van der Waals surface area contributed by atoms with Crippen LogP contribution in [-0.4, -0.2) is 6.54 Å². The predicted molar refractivity (Wildman–Crippen MR) is 61.3 cm³/mol. The van der Waals surface area contributed by atoms with E-state index in [1.54, 1.807) is 0 Å². The molecule has 0 saturated carbocycles. The van der Waals surface area contributed by atoms with Gasteiger partial charge in [0.2, 0.25) is 0 Å². The highest BCUT2D eigenvalue weighted by molar-refractivity contribution is 14.1. The Kier molecular flexibility index (Phi) is 4.01. The van der Waals surface area contributed by atoms with Crippen LogP contribution in [0.1, 0.15) is 18.1 Å². The lowest BCUT2D eigenvalue weighted by molar-refractivity contribution is 0.726. The first-order chi connectivity index (χ1) is 5.74. The second-order valence-electron chi connectivity index (χ2n) is 2.86. The maximum Gasteiger partial charge on any atom is 0.0205 e. The summed E-state index contributed by atoms with van der Waals surface area (Å²) in [6.45, 7) is 6.29. The van der Waals surface area contributed by atoms with Gasteiger partial charge in [-0.15, -0.1) is 0 Å². The van der Waals surface area contributed by atoms with Crippen molar-refractivity contribution in [1.82, 2.24) is 5.32 Å². The fourth-order valence-corrected chi connectivity index (χ4v) is 1.42. The molecule has 0 aliphatic carbocycles. The minimum absolute atomic E-state index is 0.980. The van der Waals surface area contributed by atoms with Crippen LogP contribution in [0, 0.1) is 10.5 Å². The van der Waals surface area contributed by atoms with E-state index in [1.165, 1.54) is 14.7 Å². The van der Waals surface area contributed by atoms with Crippen molar-refractivity contribution in [3.8, 4) is 0 Å². The standard InChI is InChI=1S/C10H14IN/c1-3-12-7-9-4-5-10(11)8(2)6-9/h4-6,12H,3,7H2,1-2H3. The second kappa shape index (κ2) is 4.82. The smallest absolute Gasteiger partial charge is 0.0205 e. The van der Waals surface area contributed by atoms with Gasteiger partial charge in [0, 0.05) is 10.1 Å². The number of aryl methyl sites for hydroxylation is 1. The summed E-state index contributed by atoms with van der Waals surface area (Å²) in [5.41, 5.74) is 2.74. The van der Waals surface area contributed by atoms with Crippen LogP contribution in [-0.2, 0) is 6.54 Å². The normalized spacial score (nSPS) is 10.2. The molecule has 0 fully saturated rings. The molecule has 0 heterocycles. The van der Waals surface area contributed by atoms with Gasteiger partial charge >= 0.3 is 0 Å². The minimum Gasteiger partial charge on any atom is -0.313 e. The fourth-order valence-electron chi connectivity index (χ4n) is 1.09. The van der Waals surface area contributed by atoms with Crippen molar-refractivity contribution >= 4 is 22.6 Å². The SMILES string of the molecule is CCNCc1ccc(I)c(C)c1. The van der Waals surface area contributed by atoms with Crippen molar-refractivity contribution in [2.75, 3.05) is 6.54 Å². The highest BCUT2D eigenvalue weighted by atomic mass is 127. The minimum atomic E-state index is 0.980. The Hall–Kier alpha value is -0.0900. The van der Waals surface area contributed by atoms with Crippen LogP contribution in [0.5, 0.6) is 0 Å². The molecule has 66 valence electrons. The average molecular weight is 275 g/mol. The summed E-state index contributed by atoms with van der Waals surface area (Å²) in [6, 6.07) is 6.59. The monoisotopic (exact) mass is 275 g/mol. The molecule has 1 aromatic carbocycles. The van der Waals surface area contributed by atoms with Crippen molar-refractivity contribution in [2.45, 2.75) is 20.4 Å². The third kappa shape index (κ3) is 2.75. The topological polar surface area (TPSA) is 12.0 Å². The quantitative estimate of drug-likeness (QED) is 0.836.